The van der Waals surface area contributed by atoms with Crippen molar-refractivity contribution in [2.24, 2.45) is 0 Å². The van der Waals surface area contributed by atoms with Crippen molar-refractivity contribution in [3.05, 3.63) is 18.0 Å². The lowest BCUT2D eigenvalue weighted by molar-refractivity contribution is 0.122. The fourth-order valence-electron chi connectivity index (χ4n) is 3.15. The highest BCUT2D eigenvalue weighted by molar-refractivity contribution is 5.55. The van der Waals surface area contributed by atoms with Gasteiger partial charge < -0.3 is 24.6 Å². The average Bonchev–Trinajstić information content (AvgIpc) is 3.21. The summed E-state index contributed by atoms with van der Waals surface area (Å²) in [6.07, 6.45) is 1.93. The minimum Gasteiger partial charge on any atom is -0.378 e. The predicted molar refractivity (Wildman–Crippen MR) is 101 cm³/mol. The molecule has 2 aromatic heterocycles. The van der Waals surface area contributed by atoms with Crippen LogP contribution in [0.15, 0.2) is 12.3 Å². The largest absolute Gasteiger partial charge is 0.378 e. The van der Waals surface area contributed by atoms with Crippen molar-refractivity contribution in [2.45, 2.75) is 20.0 Å². The van der Waals surface area contributed by atoms with Crippen LogP contribution in [0.25, 0.3) is 0 Å². The number of ether oxygens (including phenoxy) is 2. The number of aryl methyl sites for hydroxylation is 1. The van der Waals surface area contributed by atoms with E-state index in [-0.39, 0.29) is 0 Å². The maximum absolute atomic E-state index is 5.47. The Kier molecular flexibility index (Phi) is 5.64. The number of aromatic nitrogens is 5. The third-order valence-electron chi connectivity index (χ3n) is 4.71. The molecule has 2 aromatic rings. The standard InChI is InChI=1S/C17H26N8O2/c1-2-25-13-14(21-22-25)12-18-17-19-15(23-3-7-26-8-4-23)11-16(20-17)24-5-9-27-10-6-24/h11,13H,2-10,12H2,1H3,(H,18,19,20). The Bertz CT molecular complexity index is 704. The molecule has 0 atom stereocenters. The van der Waals surface area contributed by atoms with Gasteiger partial charge in [-0.25, -0.2) is 0 Å². The van der Waals surface area contributed by atoms with E-state index in [1.54, 1.807) is 4.68 Å². The summed E-state index contributed by atoms with van der Waals surface area (Å²) in [4.78, 5) is 13.9. The zero-order chi connectivity index (χ0) is 18.5. The van der Waals surface area contributed by atoms with Gasteiger partial charge in [0.05, 0.1) is 39.2 Å². The third-order valence-corrected chi connectivity index (χ3v) is 4.71. The summed E-state index contributed by atoms with van der Waals surface area (Å²) in [6, 6.07) is 2.06. The fourth-order valence-corrected chi connectivity index (χ4v) is 3.15. The molecule has 10 nitrogen and oxygen atoms in total. The molecule has 2 fully saturated rings. The Morgan fingerprint density at radius 3 is 2.07 bits per heavy atom. The SMILES string of the molecule is CCn1cc(CNc2nc(N3CCOCC3)cc(N3CCOCC3)n2)nn1. The zero-order valence-electron chi connectivity index (χ0n) is 15.7. The molecule has 0 aliphatic carbocycles. The number of nitrogens with zero attached hydrogens (tertiary/aromatic N) is 7. The van der Waals surface area contributed by atoms with Gasteiger partial charge in [-0.15, -0.1) is 5.10 Å². The first kappa shape index (κ1) is 17.9. The molecule has 1 N–H and O–H groups in total. The molecule has 146 valence electrons. The topological polar surface area (TPSA) is 93.5 Å². The van der Waals surface area contributed by atoms with E-state index >= 15 is 0 Å². The van der Waals surface area contributed by atoms with Crippen LogP contribution in [0.5, 0.6) is 0 Å². The van der Waals surface area contributed by atoms with Gasteiger partial charge in [0.25, 0.3) is 0 Å². The molecule has 0 aromatic carbocycles. The van der Waals surface area contributed by atoms with Gasteiger partial charge in [-0.1, -0.05) is 5.21 Å². The lowest BCUT2D eigenvalue weighted by Gasteiger charge is -2.31. The van der Waals surface area contributed by atoms with Crippen molar-refractivity contribution in [1.82, 2.24) is 25.0 Å². The summed E-state index contributed by atoms with van der Waals surface area (Å²) < 4.78 is 12.7. The Morgan fingerprint density at radius 2 is 1.56 bits per heavy atom. The van der Waals surface area contributed by atoms with Gasteiger partial charge in [-0.3, -0.25) is 4.68 Å². The molecule has 0 amide bonds. The molecule has 0 saturated carbocycles. The van der Waals surface area contributed by atoms with Crippen molar-refractivity contribution in [2.75, 3.05) is 67.7 Å². The molecule has 2 aliphatic heterocycles. The third kappa shape index (κ3) is 4.45. The van der Waals surface area contributed by atoms with E-state index in [0.29, 0.717) is 12.5 Å². The van der Waals surface area contributed by atoms with Gasteiger partial charge in [0, 0.05) is 38.8 Å². The minimum absolute atomic E-state index is 0.537. The van der Waals surface area contributed by atoms with Crippen molar-refractivity contribution in [3.8, 4) is 0 Å². The lowest BCUT2D eigenvalue weighted by Crippen LogP contribution is -2.39. The first-order valence-corrected chi connectivity index (χ1v) is 9.49. The number of nitrogens with one attached hydrogen (secondary N) is 1. The van der Waals surface area contributed by atoms with E-state index in [9.17, 15) is 0 Å². The summed E-state index contributed by atoms with van der Waals surface area (Å²) in [5.41, 5.74) is 0.866. The van der Waals surface area contributed by atoms with Crippen LogP contribution in [-0.2, 0) is 22.6 Å². The molecule has 0 spiro atoms. The number of rotatable bonds is 6. The molecule has 10 heteroatoms. The number of hydrogen-bond donors (Lipinski definition) is 1. The van der Waals surface area contributed by atoms with E-state index in [1.165, 1.54) is 0 Å². The molecule has 2 aliphatic rings. The second kappa shape index (κ2) is 8.49. The monoisotopic (exact) mass is 374 g/mol. The summed E-state index contributed by atoms with van der Waals surface area (Å²) in [7, 11) is 0. The van der Waals surface area contributed by atoms with E-state index in [0.717, 1.165) is 76.5 Å². The summed E-state index contributed by atoms with van der Waals surface area (Å²) >= 11 is 0. The average molecular weight is 374 g/mol. The first-order valence-electron chi connectivity index (χ1n) is 9.49. The van der Waals surface area contributed by atoms with E-state index in [2.05, 4.69) is 31.5 Å². The second-order valence-electron chi connectivity index (χ2n) is 6.53. The zero-order valence-corrected chi connectivity index (χ0v) is 15.7. The van der Waals surface area contributed by atoms with E-state index in [1.807, 2.05) is 13.1 Å². The van der Waals surface area contributed by atoms with Gasteiger partial charge in [-0.2, -0.15) is 9.97 Å². The highest BCUT2D eigenvalue weighted by Crippen LogP contribution is 2.23. The minimum atomic E-state index is 0.537. The molecule has 0 bridgehead atoms. The molecule has 27 heavy (non-hydrogen) atoms. The summed E-state index contributed by atoms with van der Waals surface area (Å²) in [5.74, 6) is 2.45. The van der Waals surface area contributed by atoms with Crippen molar-refractivity contribution < 1.29 is 9.47 Å². The molecule has 4 rings (SSSR count). The number of morpholine rings is 2. The van der Waals surface area contributed by atoms with Crippen LogP contribution in [-0.4, -0.2) is 77.6 Å². The Balaban J connectivity index is 1.54. The van der Waals surface area contributed by atoms with Crippen LogP contribution < -0.4 is 15.1 Å². The maximum Gasteiger partial charge on any atom is 0.226 e. The molecule has 0 unspecified atom stereocenters. The molecular formula is C17H26N8O2. The summed E-state index contributed by atoms with van der Waals surface area (Å²) in [6.45, 7) is 9.61. The predicted octanol–water partition coefficient (Wildman–Crippen LogP) is 0.373. The van der Waals surface area contributed by atoms with Gasteiger partial charge in [0.1, 0.15) is 17.3 Å². The first-order chi connectivity index (χ1) is 13.3. The van der Waals surface area contributed by atoms with Gasteiger partial charge in [0.15, 0.2) is 0 Å². The van der Waals surface area contributed by atoms with Crippen LogP contribution in [0.1, 0.15) is 12.6 Å². The lowest BCUT2D eigenvalue weighted by atomic mass is 10.3. The van der Waals surface area contributed by atoms with Crippen molar-refractivity contribution >= 4 is 17.6 Å². The van der Waals surface area contributed by atoms with Crippen molar-refractivity contribution in [1.29, 1.82) is 0 Å². The second-order valence-corrected chi connectivity index (χ2v) is 6.53. The Hall–Kier alpha value is -2.46. The molecule has 2 saturated heterocycles. The Morgan fingerprint density at radius 1 is 0.963 bits per heavy atom. The normalized spacial score (nSPS) is 18.0. The van der Waals surface area contributed by atoms with Gasteiger partial charge in [-0.05, 0) is 6.92 Å². The summed E-state index contributed by atoms with van der Waals surface area (Å²) in [5, 5.41) is 11.5. The van der Waals surface area contributed by atoms with Crippen LogP contribution in [0.4, 0.5) is 17.6 Å². The van der Waals surface area contributed by atoms with Crippen LogP contribution in [0.2, 0.25) is 0 Å². The van der Waals surface area contributed by atoms with E-state index in [4.69, 9.17) is 19.4 Å². The highest BCUT2D eigenvalue weighted by Gasteiger charge is 2.19. The van der Waals surface area contributed by atoms with Crippen LogP contribution >= 0.6 is 0 Å². The number of hydrogen-bond acceptors (Lipinski definition) is 9. The van der Waals surface area contributed by atoms with Gasteiger partial charge >= 0.3 is 0 Å². The fraction of sp³-hybridized carbons (Fsp3) is 0.647. The smallest absolute Gasteiger partial charge is 0.226 e. The van der Waals surface area contributed by atoms with Crippen LogP contribution in [0, 0.1) is 0 Å². The van der Waals surface area contributed by atoms with Crippen LogP contribution in [0.3, 0.4) is 0 Å². The quantitative estimate of drug-likeness (QED) is 0.770. The van der Waals surface area contributed by atoms with Crippen molar-refractivity contribution in [3.63, 3.8) is 0 Å². The highest BCUT2D eigenvalue weighted by atomic mass is 16.5. The van der Waals surface area contributed by atoms with Gasteiger partial charge in [0.2, 0.25) is 5.95 Å². The molecule has 0 radical (unpaired) electrons. The van der Waals surface area contributed by atoms with E-state index < -0.39 is 0 Å². The molecular weight excluding hydrogens is 348 g/mol. The Labute approximate surface area is 158 Å². The number of anilines is 3. The molecule has 4 heterocycles. The maximum atomic E-state index is 5.47.